The van der Waals surface area contributed by atoms with Crippen molar-refractivity contribution in [3.05, 3.63) is 59.7 Å². The molecule has 5 rings (SSSR count). The molecule has 8 nitrogen and oxygen atoms in total. The number of rotatable bonds is 7. The van der Waals surface area contributed by atoms with Crippen LogP contribution in [-0.4, -0.2) is 48.0 Å². The monoisotopic (exact) mass is 493 g/mol. The topological polar surface area (TPSA) is 109 Å². The van der Waals surface area contributed by atoms with Crippen LogP contribution in [0, 0.1) is 0 Å². The zero-order valence-electron chi connectivity index (χ0n) is 20.6. The van der Waals surface area contributed by atoms with Crippen LogP contribution in [0.3, 0.4) is 0 Å². The second-order valence-corrected chi connectivity index (χ2v) is 10.1. The molecule has 1 aliphatic carbocycles. The second-order valence-electron chi connectivity index (χ2n) is 10.1. The van der Waals surface area contributed by atoms with E-state index < -0.39 is 6.10 Å². The molecule has 36 heavy (non-hydrogen) atoms. The molecule has 2 heterocycles. The lowest BCUT2D eigenvalue weighted by molar-refractivity contribution is -0.142. The van der Waals surface area contributed by atoms with Crippen LogP contribution in [0.1, 0.15) is 68.5 Å². The number of aliphatic hydroxyl groups is 1. The van der Waals surface area contributed by atoms with Gasteiger partial charge < -0.3 is 30.5 Å². The van der Waals surface area contributed by atoms with Crippen LogP contribution in [0.4, 0.5) is 10.5 Å². The second kappa shape index (κ2) is 10.9. The molecule has 3 amide bonds. The number of benzene rings is 2. The molecule has 0 radical (unpaired) electrons. The van der Waals surface area contributed by atoms with Gasteiger partial charge in [0.25, 0.3) is 0 Å². The van der Waals surface area contributed by atoms with Gasteiger partial charge in [0, 0.05) is 23.2 Å². The zero-order chi connectivity index (χ0) is 25.1. The highest BCUT2D eigenvalue weighted by molar-refractivity contribution is 5.89. The third kappa shape index (κ3) is 5.50. The highest BCUT2D eigenvalue weighted by atomic mass is 16.6. The molecular weight excluding hydrogens is 458 g/mol. The van der Waals surface area contributed by atoms with Gasteiger partial charge >= 0.3 is 6.03 Å². The average Bonchev–Trinajstić information content (AvgIpc) is 3.51. The van der Waals surface area contributed by atoms with E-state index in [0.717, 1.165) is 42.6 Å². The molecule has 0 unspecified atom stereocenters. The summed E-state index contributed by atoms with van der Waals surface area (Å²) >= 11 is 0. The summed E-state index contributed by atoms with van der Waals surface area (Å²) < 4.78 is 12.2. The van der Waals surface area contributed by atoms with Crippen molar-refractivity contribution in [2.45, 2.75) is 81.8 Å². The van der Waals surface area contributed by atoms with E-state index in [1.54, 1.807) is 0 Å². The Bertz CT molecular complexity index is 1070. The zero-order valence-corrected chi connectivity index (χ0v) is 20.6. The minimum absolute atomic E-state index is 0.0325. The molecule has 8 heteroatoms. The van der Waals surface area contributed by atoms with Gasteiger partial charge in [-0.3, -0.25) is 4.79 Å². The first-order chi connectivity index (χ1) is 17.5. The van der Waals surface area contributed by atoms with E-state index in [-0.39, 0.29) is 55.2 Å². The van der Waals surface area contributed by atoms with Crippen LogP contribution < -0.4 is 20.7 Å². The molecule has 4 N–H and O–H groups in total. The number of anilines is 1. The molecule has 2 fully saturated rings. The maximum Gasteiger partial charge on any atom is 0.319 e. The Balaban J connectivity index is 1.23. The van der Waals surface area contributed by atoms with Crippen LogP contribution >= 0.6 is 0 Å². The van der Waals surface area contributed by atoms with Gasteiger partial charge in [0.15, 0.2) is 0 Å². The first-order valence-electron chi connectivity index (χ1n) is 13.0. The molecule has 5 atom stereocenters. The summed E-state index contributed by atoms with van der Waals surface area (Å²) in [7, 11) is 0. The van der Waals surface area contributed by atoms with Crippen molar-refractivity contribution >= 4 is 17.6 Å². The van der Waals surface area contributed by atoms with Gasteiger partial charge in [-0.25, -0.2) is 4.79 Å². The predicted octanol–water partition coefficient (Wildman–Crippen LogP) is 4.01. The van der Waals surface area contributed by atoms with E-state index >= 15 is 0 Å². The molecule has 2 aromatic carbocycles. The molecule has 0 aromatic heterocycles. The van der Waals surface area contributed by atoms with Gasteiger partial charge in [0.2, 0.25) is 5.91 Å². The van der Waals surface area contributed by atoms with E-state index in [0.29, 0.717) is 12.1 Å². The number of hydrogen-bond donors (Lipinski definition) is 4. The number of carbonyl (C=O) groups is 2. The molecule has 0 bridgehead atoms. The highest BCUT2D eigenvalue weighted by Crippen LogP contribution is 2.47. The standard InChI is InChI=1S/C28H35N3O5/c1-17(18-7-3-2-4-8-18)29-26(33)15-21-14-23-22-13-20(31-28(34)30-19-9-5-6-10-19)11-12-24(22)36-27(23)25(16-32)35-21/h2-4,7-8,11-13,17,19,21,23,25,27,32H,5-6,9-10,14-16H2,1H3,(H,29,33)(H2,30,31,34)/t17-,21+,23-,25+,27+/m0/s1. The summed E-state index contributed by atoms with van der Waals surface area (Å²) in [5, 5.41) is 19.0. The predicted molar refractivity (Wildman–Crippen MR) is 136 cm³/mol. The molecule has 2 aromatic rings. The van der Waals surface area contributed by atoms with Crippen molar-refractivity contribution in [3.8, 4) is 5.75 Å². The van der Waals surface area contributed by atoms with Crippen LogP contribution in [0.5, 0.6) is 5.75 Å². The van der Waals surface area contributed by atoms with E-state index in [2.05, 4.69) is 16.0 Å². The van der Waals surface area contributed by atoms with E-state index in [1.165, 1.54) is 0 Å². The maximum atomic E-state index is 12.8. The van der Waals surface area contributed by atoms with Crippen molar-refractivity contribution < 1.29 is 24.2 Å². The first kappa shape index (κ1) is 24.6. The third-order valence-corrected chi connectivity index (χ3v) is 7.54. The summed E-state index contributed by atoms with van der Waals surface area (Å²) in [5.74, 6) is 0.608. The minimum Gasteiger partial charge on any atom is -0.487 e. The fourth-order valence-electron chi connectivity index (χ4n) is 5.72. The SMILES string of the molecule is C[C@H](NC(=O)C[C@H]1C[C@H]2c3cc(NC(=O)NC4CCCC4)ccc3O[C@H]2[C@@H](CO)O1)c1ccccc1. The Labute approximate surface area is 211 Å². The number of carbonyl (C=O) groups excluding carboxylic acids is 2. The Morgan fingerprint density at radius 3 is 2.64 bits per heavy atom. The largest absolute Gasteiger partial charge is 0.487 e. The third-order valence-electron chi connectivity index (χ3n) is 7.54. The van der Waals surface area contributed by atoms with E-state index in [9.17, 15) is 14.7 Å². The fraction of sp³-hybridized carbons (Fsp3) is 0.500. The smallest absolute Gasteiger partial charge is 0.319 e. The molecule has 192 valence electrons. The van der Waals surface area contributed by atoms with Crippen molar-refractivity contribution in [1.82, 2.24) is 10.6 Å². The van der Waals surface area contributed by atoms with E-state index in [1.807, 2.05) is 55.5 Å². The van der Waals surface area contributed by atoms with E-state index in [4.69, 9.17) is 9.47 Å². The summed E-state index contributed by atoms with van der Waals surface area (Å²) in [6.07, 6.45) is 3.97. The summed E-state index contributed by atoms with van der Waals surface area (Å²) in [5.41, 5.74) is 2.72. The van der Waals surface area contributed by atoms with Crippen LogP contribution in [0.25, 0.3) is 0 Å². The lowest BCUT2D eigenvalue weighted by Crippen LogP contribution is -2.47. The number of urea groups is 1. The van der Waals surface area contributed by atoms with Crippen molar-refractivity contribution in [1.29, 1.82) is 0 Å². The molecule has 1 saturated carbocycles. The fourth-order valence-corrected chi connectivity index (χ4v) is 5.72. The number of nitrogens with one attached hydrogen (secondary N) is 3. The maximum absolute atomic E-state index is 12.8. The van der Waals surface area contributed by atoms with Gasteiger partial charge in [0.05, 0.1) is 25.2 Å². The average molecular weight is 494 g/mol. The Kier molecular flexibility index (Phi) is 7.43. The number of fused-ring (bicyclic) bond motifs is 3. The molecule has 2 aliphatic heterocycles. The summed E-state index contributed by atoms with van der Waals surface area (Å²) in [6, 6.07) is 15.4. The van der Waals surface area contributed by atoms with Gasteiger partial charge in [0.1, 0.15) is 18.0 Å². The lowest BCUT2D eigenvalue weighted by Gasteiger charge is -2.37. The Morgan fingerprint density at radius 1 is 1.11 bits per heavy atom. The minimum atomic E-state index is -0.525. The number of amides is 3. The van der Waals surface area contributed by atoms with Crippen LogP contribution in [0.15, 0.2) is 48.5 Å². The molecule has 3 aliphatic rings. The van der Waals surface area contributed by atoms with Crippen molar-refractivity contribution in [2.75, 3.05) is 11.9 Å². The number of ether oxygens (including phenoxy) is 2. The quantitative estimate of drug-likeness (QED) is 0.466. The van der Waals surface area contributed by atoms with Crippen molar-refractivity contribution in [3.63, 3.8) is 0 Å². The highest BCUT2D eigenvalue weighted by Gasteiger charge is 2.46. The van der Waals surface area contributed by atoms with Gasteiger partial charge in [-0.2, -0.15) is 0 Å². The van der Waals surface area contributed by atoms with Gasteiger partial charge in [-0.15, -0.1) is 0 Å². The molecular formula is C28H35N3O5. The Morgan fingerprint density at radius 2 is 1.89 bits per heavy atom. The normalized spacial score (nSPS) is 25.8. The van der Waals surface area contributed by atoms with Gasteiger partial charge in [-0.05, 0) is 49.9 Å². The van der Waals surface area contributed by atoms with Gasteiger partial charge in [-0.1, -0.05) is 43.2 Å². The molecule has 1 saturated heterocycles. The lowest BCUT2D eigenvalue weighted by atomic mass is 9.84. The number of hydrogen-bond acceptors (Lipinski definition) is 5. The Hall–Kier alpha value is -3.10. The number of aliphatic hydroxyl groups excluding tert-OH is 1. The van der Waals surface area contributed by atoms with Crippen LogP contribution in [0.2, 0.25) is 0 Å². The summed E-state index contributed by atoms with van der Waals surface area (Å²) in [6.45, 7) is 1.77. The summed E-state index contributed by atoms with van der Waals surface area (Å²) in [4.78, 5) is 25.3. The first-order valence-corrected chi connectivity index (χ1v) is 13.0. The molecule has 0 spiro atoms. The van der Waals surface area contributed by atoms with Crippen LogP contribution in [-0.2, 0) is 9.53 Å². The van der Waals surface area contributed by atoms with Crippen molar-refractivity contribution in [2.24, 2.45) is 0 Å².